The van der Waals surface area contributed by atoms with Gasteiger partial charge < -0.3 is 9.80 Å². The van der Waals surface area contributed by atoms with Crippen LogP contribution in [0.4, 0.5) is 5.82 Å². The topological polar surface area (TPSA) is 63.5 Å². The summed E-state index contributed by atoms with van der Waals surface area (Å²) < 4.78 is 0. The molecular formula is C21H31N5O. The van der Waals surface area contributed by atoms with Crippen LogP contribution in [-0.2, 0) is 4.79 Å². The fourth-order valence-corrected chi connectivity index (χ4v) is 3.89. The standard InChI is InChI=1S/C21H31N5O/c1-17(2)5-8-24-11-13-26(14-12-24)21(27)19-6-9-25(10-7-19)20-4-3-18(15-22)16-23-20/h3-4,16-17,19H,5-14H2,1-2H3. The summed E-state index contributed by atoms with van der Waals surface area (Å²) in [5.41, 5.74) is 0.580. The first-order valence-electron chi connectivity index (χ1n) is 10.2. The average Bonchev–Trinajstić information content (AvgIpc) is 2.72. The van der Waals surface area contributed by atoms with Gasteiger partial charge in [-0.15, -0.1) is 0 Å². The smallest absolute Gasteiger partial charge is 0.225 e. The Balaban J connectivity index is 1.44. The van der Waals surface area contributed by atoms with Crippen molar-refractivity contribution < 1.29 is 4.79 Å². The van der Waals surface area contributed by atoms with Gasteiger partial charge in [0.05, 0.1) is 5.56 Å². The highest BCUT2D eigenvalue weighted by Gasteiger charge is 2.30. The Kier molecular flexibility index (Phi) is 6.68. The minimum Gasteiger partial charge on any atom is -0.357 e. The number of amides is 1. The van der Waals surface area contributed by atoms with E-state index < -0.39 is 0 Å². The summed E-state index contributed by atoms with van der Waals surface area (Å²) in [4.78, 5) is 24.0. The lowest BCUT2D eigenvalue weighted by Gasteiger charge is -2.39. The summed E-state index contributed by atoms with van der Waals surface area (Å²) in [6.07, 6.45) is 4.61. The largest absolute Gasteiger partial charge is 0.357 e. The quantitative estimate of drug-likeness (QED) is 0.797. The summed E-state index contributed by atoms with van der Waals surface area (Å²) in [5, 5.41) is 8.88. The highest BCUT2D eigenvalue weighted by atomic mass is 16.2. The van der Waals surface area contributed by atoms with Crippen LogP contribution in [0.5, 0.6) is 0 Å². The molecule has 0 spiro atoms. The van der Waals surface area contributed by atoms with E-state index in [0.717, 1.165) is 70.4 Å². The molecule has 2 saturated heterocycles. The number of aromatic nitrogens is 1. The number of pyridine rings is 1. The minimum absolute atomic E-state index is 0.141. The van der Waals surface area contributed by atoms with E-state index in [9.17, 15) is 4.79 Å². The van der Waals surface area contributed by atoms with Crippen molar-refractivity contribution in [1.29, 1.82) is 5.26 Å². The molecule has 0 bridgehead atoms. The van der Waals surface area contributed by atoms with E-state index in [2.05, 4.69) is 39.6 Å². The zero-order valence-electron chi connectivity index (χ0n) is 16.6. The number of piperazine rings is 1. The third kappa shape index (κ3) is 5.20. The first kappa shape index (κ1) is 19.6. The van der Waals surface area contributed by atoms with Crippen molar-refractivity contribution in [3.8, 4) is 6.07 Å². The van der Waals surface area contributed by atoms with Crippen LogP contribution in [0.3, 0.4) is 0 Å². The van der Waals surface area contributed by atoms with Crippen LogP contribution in [0.1, 0.15) is 38.7 Å². The predicted octanol–water partition coefficient (Wildman–Crippen LogP) is 2.36. The number of nitrogens with zero attached hydrogens (tertiary/aromatic N) is 5. The van der Waals surface area contributed by atoms with Crippen LogP contribution < -0.4 is 4.90 Å². The zero-order valence-corrected chi connectivity index (χ0v) is 16.6. The van der Waals surface area contributed by atoms with Crippen molar-refractivity contribution in [3.63, 3.8) is 0 Å². The van der Waals surface area contributed by atoms with E-state index in [1.54, 1.807) is 12.3 Å². The Morgan fingerprint density at radius 1 is 1.19 bits per heavy atom. The molecule has 3 heterocycles. The molecule has 0 saturated carbocycles. The third-order valence-corrected chi connectivity index (χ3v) is 5.75. The van der Waals surface area contributed by atoms with E-state index in [4.69, 9.17) is 5.26 Å². The van der Waals surface area contributed by atoms with Crippen LogP contribution >= 0.6 is 0 Å². The van der Waals surface area contributed by atoms with Crippen molar-refractivity contribution in [2.45, 2.75) is 33.1 Å². The molecule has 2 aliphatic rings. The fraction of sp³-hybridized carbons (Fsp3) is 0.667. The zero-order chi connectivity index (χ0) is 19.2. The number of hydrogen-bond acceptors (Lipinski definition) is 5. The molecule has 0 N–H and O–H groups in total. The second kappa shape index (κ2) is 9.18. The van der Waals surface area contributed by atoms with Crippen molar-refractivity contribution >= 4 is 11.7 Å². The molecule has 1 amide bonds. The molecule has 2 fully saturated rings. The van der Waals surface area contributed by atoms with E-state index in [-0.39, 0.29) is 5.92 Å². The van der Waals surface area contributed by atoms with Gasteiger partial charge in [0, 0.05) is 51.4 Å². The molecule has 0 aromatic carbocycles. The molecule has 0 aliphatic carbocycles. The van der Waals surface area contributed by atoms with Gasteiger partial charge in [-0.2, -0.15) is 5.26 Å². The second-order valence-electron chi connectivity index (χ2n) is 8.13. The Hall–Kier alpha value is -2.13. The Labute approximate surface area is 162 Å². The van der Waals surface area contributed by atoms with Gasteiger partial charge in [0.15, 0.2) is 0 Å². The first-order chi connectivity index (χ1) is 13.1. The van der Waals surface area contributed by atoms with Crippen molar-refractivity contribution in [1.82, 2.24) is 14.8 Å². The van der Waals surface area contributed by atoms with Crippen LogP contribution in [0.15, 0.2) is 18.3 Å². The van der Waals surface area contributed by atoms with Gasteiger partial charge in [-0.1, -0.05) is 13.8 Å². The van der Waals surface area contributed by atoms with Gasteiger partial charge in [-0.25, -0.2) is 4.98 Å². The number of rotatable bonds is 5. The highest BCUT2D eigenvalue weighted by molar-refractivity contribution is 5.79. The van der Waals surface area contributed by atoms with Crippen LogP contribution in [0, 0.1) is 23.2 Å². The molecule has 6 nitrogen and oxygen atoms in total. The maximum absolute atomic E-state index is 12.9. The van der Waals surface area contributed by atoms with Gasteiger partial charge >= 0.3 is 0 Å². The van der Waals surface area contributed by atoms with Crippen LogP contribution in [-0.4, -0.2) is 66.5 Å². The lowest BCUT2D eigenvalue weighted by Crippen LogP contribution is -2.51. The van der Waals surface area contributed by atoms with E-state index in [1.807, 2.05) is 6.07 Å². The van der Waals surface area contributed by atoms with Gasteiger partial charge in [-0.3, -0.25) is 9.69 Å². The van der Waals surface area contributed by atoms with Gasteiger partial charge in [-0.05, 0) is 43.9 Å². The van der Waals surface area contributed by atoms with Crippen molar-refractivity contribution in [2.24, 2.45) is 11.8 Å². The molecule has 146 valence electrons. The predicted molar refractivity (Wildman–Crippen MR) is 106 cm³/mol. The molecule has 27 heavy (non-hydrogen) atoms. The number of carbonyl (C=O) groups is 1. The molecule has 0 unspecified atom stereocenters. The highest BCUT2D eigenvalue weighted by Crippen LogP contribution is 2.24. The summed E-state index contributed by atoms with van der Waals surface area (Å²) in [6, 6.07) is 5.80. The summed E-state index contributed by atoms with van der Waals surface area (Å²) in [6.45, 7) is 11.1. The SMILES string of the molecule is CC(C)CCN1CCN(C(=O)C2CCN(c3ccc(C#N)cn3)CC2)CC1. The fourth-order valence-electron chi connectivity index (χ4n) is 3.89. The maximum atomic E-state index is 12.9. The number of carbonyl (C=O) groups excluding carboxylic acids is 1. The van der Waals surface area contributed by atoms with Crippen LogP contribution in [0.2, 0.25) is 0 Å². The summed E-state index contributed by atoms with van der Waals surface area (Å²) in [7, 11) is 0. The Bertz CT molecular complexity index is 650. The lowest BCUT2D eigenvalue weighted by atomic mass is 9.95. The normalized spacial score (nSPS) is 19.3. The lowest BCUT2D eigenvalue weighted by molar-refractivity contribution is -0.138. The summed E-state index contributed by atoms with van der Waals surface area (Å²) >= 11 is 0. The molecule has 3 rings (SSSR count). The van der Waals surface area contributed by atoms with Crippen LogP contribution in [0.25, 0.3) is 0 Å². The van der Waals surface area contributed by atoms with Crippen molar-refractivity contribution in [2.75, 3.05) is 50.7 Å². The monoisotopic (exact) mass is 369 g/mol. The van der Waals surface area contributed by atoms with Gasteiger partial charge in [0.25, 0.3) is 0 Å². The molecule has 6 heteroatoms. The van der Waals surface area contributed by atoms with Gasteiger partial charge in [0.2, 0.25) is 5.91 Å². The molecule has 2 aliphatic heterocycles. The number of hydrogen-bond donors (Lipinski definition) is 0. The van der Waals surface area contributed by atoms with Gasteiger partial charge in [0.1, 0.15) is 11.9 Å². The minimum atomic E-state index is 0.141. The molecule has 0 radical (unpaired) electrons. The van der Waals surface area contributed by atoms with E-state index >= 15 is 0 Å². The molecule has 1 aromatic heterocycles. The third-order valence-electron chi connectivity index (χ3n) is 5.75. The molecular weight excluding hydrogens is 338 g/mol. The van der Waals surface area contributed by atoms with E-state index in [0.29, 0.717) is 11.5 Å². The van der Waals surface area contributed by atoms with Crippen molar-refractivity contribution in [3.05, 3.63) is 23.9 Å². The Morgan fingerprint density at radius 3 is 2.44 bits per heavy atom. The summed E-state index contributed by atoms with van der Waals surface area (Å²) in [5.74, 6) is 2.12. The molecule has 0 atom stereocenters. The average molecular weight is 370 g/mol. The first-order valence-corrected chi connectivity index (χ1v) is 10.2. The molecule has 1 aromatic rings. The van der Waals surface area contributed by atoms with E-state index in [1.165, 1.54) is 6.42 Å². The number of piperidine rings is 1. The number of anilines is 1. The number of nitriles is 1. The second-order valence-corrected chi connectivity index (χ2v) is 8.13. The Morgan fingerprint density at radius 2 is 1.89 bits per heavy atom. The maximum Gasteiger partial charge on any atom is 0.225 e.